The number of anilines is 1. The molecular weight excluding hydrogens is 436 g/mol. The van der Waals surface area contributed by atoms with Crippen LogP contribution in [0.2, 0.25) is 0 Å². The van der Waals surface area contributed by atoms with Gasteiger partial charge in [-0.25, -0.2) is 14.5 Å². The largest absolute Gasteiger partial charge is 0.465 e. The first kappa shape index (κ1) is 24.3. The van der Waals surface area contributed by atoms with E-state index < -0.39 is 6.09 Å². The normalized spacial score (nSPS) is 22.1. The number of piperidine rings is 1. The van der Waals surface area contributed by atoms with Gasteiger partial charge in [-0.1, -0.05) is 20.8 Å². The van der Waals surface area contributed by atoms with Gasteiger partial charge < -0.3 is 25.4 Å². The lowest BCUT2D eigenvalue weighted by atomic mass is 9.79. The number of carboxylic acid groups (broad SMARTS) is 1. The highest BCUT2D eigenvalue weighted by atomic mass is 16.5. The molecule has 186 valence electrons. The summed E-state index contributed by atoms with van der Waals surface area (Å²) in [5.74, 6) is -0.199. The second-order valence-corrected chi connectivity index (χ2v) is 10.3. The number of carbonyl (C=O) groups excluding carboxylic acids is 1. The second kappa shape index (κ2) is 9.77. The van der Waals surface area contributed by atoms with Gasteiger partial charge in [0.25, 0.3) is 5.91 Å². The van der Waals surface area contributed by atoms with E-state index in [1.165, 1.54) is 4.90 Å². The summed E-state index contributed by atoms with van der Waals surface area (Å²) in [5, 5.41) is 21.7. The van der Waals surface area contributed by atoms with E-state index in [0.717, 1.165) is 29.6 Å². The zero-order valence-electron chi connectivity index (χ0n) is 20.5. The van der Waals surface area contributed by atoms with Crippen molar-refractivity contribution < 1.29 is 19.4 Å². The van der Waals surface area contributed by atoms with Gasteiger partial charge in [-0.3, -0.25) is 4.79 Å². The van der Waals surface area contributed by atoms with Crippen LogP contribution in [-0.2, 0) is 11.3 Å². The number of fused-ring (bicyclic) bond motifs is 1. The van der Waals surface area contributed by atoms with Crippen molar-refractivity contribution in [3.05, 3.63) is 18.0 Å². The SMILES string of the molecule is CCn1ncc2c(NC3CCOCC3)c(C(=O)NC3CCN(C(=O)O)C(C(C)(C)C)C3)cnc21. The standard InChI is InChI=1S/C24H36N6O4/c1-5-30-21-17(14-26-30)20(27-15-7-10-34-11-8-15)18(13-25-21)22(31)28-16-6-9-29(23(32)33)19(12-16)24(2,3)4/h13-16,19H,5-12H2,1-4H3,(H,25,27)(H,28,31)(H,32,33). The fourth-order valence-corrected chi connectivity index (χ4v) is 5.04. The summed E-state index contributed by atoms with van der Waals surface area (Å²) in [6.45, 7) is 10.6. The highest BCUT2D eigenvalue weighted by molar-refractivity contribution is 6.06. The molecule has 0 bridgehead atoms. The van der Waals surface area contributed by atoms with E-state index in [2.05, 4.69) is 20.7 Å². The fraction of sp³-hybridized carbons (Fsp3) is 0.667. The maximum absolute atomic E-state index is 13.5. The Hall–Kier alpha value is -2.88. The minimum Gasteiger partial charge on any atom is -0.465 e. The van der Waals surface area contributed by atoms with Crippen molar-refractivity contribution in [3.63, 3.8) is 0 Å². The van der Waals surface area contributed by atoms with Crippen LogP contribution < -0.4 is 10.6 Å². The molecule has 10 heteroatoms. The molecule has 0 aliphatic carbocycles. The summed E-state index contributed by atoms with van der Waals surface area (Å²) in [7, 11) is 0. The zero-order valence-corrected chi connectivity index (χ0v) is 20.5. The van der Waals surface area contributed by atoms with E-state index in [9.17, 15) is 14.7 Å². The molecule has 2 aliphatic heterocycles. The van der Waals surface area contributed by atoms with Gasteiger partial charge in [-0.2, -0.15) is 5.10 Å². The molecule has 2 saturated heterocycles. The Balaban J connectivity index is 1.59. The topological polar surface area (TPSA) is 122 Å². The first-order valence-electron chi connectivity index (χ1n) is 12.2. The van der Waals surface area contributed by atoms with Gasteiger partial charge in [0.2, 0.25) is 0 Å². The number of amides is 2. The van der Waals surface area contributed by atoms with Gasteiger partial charge in [0.05, 0.1) is 22.8 Å². The molecule has 2 fully saturated rings. The minimum atomic E-state index is -0.907. The summed E-state index contributed by atoms with van der Waals surface area (Å²) >= 11 is 0. The third kappa shape index (κ3) is 4.96. The molecule has 2 unspecified atom stereocenters. The van der Waals surface area contributed by atoms with E-state index in [1.54, 1.807) is 12.4 Å². The van der Waals surface area contributed by atoms with Crippen molar-refractivity contribution in [2.45, 2.75) is 78.0 Å². The number of nitrogens with zero attached hydrogens (tertiary/aromatic N) is 4. The predicted octanol–water partition coefficient (Wildman–Crippen LogP) is 3.33. The molecule has 10 nitrogen and oxygen atoms in total. The number of hydrogen-bond donors (Lipinski definition) is 3. The van der Waals surface area contributed by atoms with E-state index >= 15 is 0 Å². The van der Waals surface area contributed by atoms with Crippen LogP contribution in [0.1, 0.15) is 63.7 Å². The molecular formula is C24H36N6O4. The zero-order chi connectivity index (χ0) is 24.5. The highest BCUT2D eigenvalue weighted by Crippen LogP contribution is 2.33. The molecule has 3 N–H and O–H groups in total. The first-order valence-corrected chi connectivity index (χ1v) is 12.2. The average molecular weight is 473 g/mol. The van der Waals surface area contributed by atoms with Crippen molar-refractivity contribution in [1.82, 2.24) is 25.0 Å². The summed E-state index contributed by atoms with van der Waals surface area (Å²) in [6.07, 6.45) is 5.38. The number of aromatic nitrogens is 3. The number of aryl methyl sites for hydroxylation is 1. The molecule has 2 amide bonds. The Bertz CT molecular complexity index is 1040. The van der Waals surface area contributed by atoms with Crippen LogP contribution in [0.15, 0.2) is 12.4 Å². The first-order chi connectivity index (χ1) is 16.2. The van der Waals surface area contributed by atoms with Gasteiger partial charge in [0, 0.05) is 50.6 Å². The van der Waals surface area contributed by atoms with Crippen molar-refractivity contribution in [2.75, 3.05) is 25.1 Å². The average Bonchev–Trinajstić information content (AvgIpc) is 3.23. The second-order valence-electron chi connectivity index (χ2n) is 10.3. The van der Waals surface area contributed by atoms with Crippen molar-refractivity contribution >= 4 is 28.7 Å². The van der Waals surface area contributed by atoms with Gasteiger partial charge in [0.15, 0.2) is 5.65 Å². The lowest BCUT2D eigenvalue weighted by Gasteiger charge is -2.44. The van der Waals surface area contributed by atoms with E-state index in [0.29, 0.717) is 44.7 Å². The molecule has 2 aromatic rings. The molecule has 2 atom stereocenters. The van der Waals surface area contributed by atoms with Crippen LogP contribution in [0, 0.1) is 5.41 Å². The van der Waals surface area contributed by atoms with E-state index in [1.807, 2.05) is 32.4 Å². The fourth-order valence-electron chi connectivity index (χ4n) is 5.04. The third-order valence-electron chi connectivity index (χ3n) is 6.96. The van der Waals surface area contributed by atoms with Crippen molar-refractivity contribution in [3.8, 4) is 0 Å². The Labute approximate surface area is 200 Å². The number of nitrogens with one attached hydrogen (secondary N) is 2. The number of rotatable bonds is 5. The lowest BCUT2D eigenvalue weighted by Crippen LogP contribution is -2.56. The molecule has 0 aromatic carbocycles. The molecule has 0 saturated carbocycles. The molecule has 34 heavy (non-hydrogen) atoms. The van der Waals surface area contributed by atoms with Gasteiger partial charge in [0.1, 0.15) is 0 Å². The number of carbonyl (C=O) groups is 2. The summed E-state index contributed by atoms with van der Waals surface area (Å²) in [6, 6.07) is -0.0791. The van der Waals surface area contributed by atoms with Crippen LogP contribution in [0.5, 0.6) is 0 Å². The lowest BCUT2D eigenvalue weighted by molar-refractivity contribution is 0.0470. The molecule has 2 aromatic heterocycles. The van der Waals surface area contributed by atoms with Crippen LogP contribution in [0.25, 0.3) is 11.0 Å². The molecule has 0 radical (unpaired) electrons. The Morgan fingerprint density at radius 1 is 1.18 bits per heavy atom. The maximum Gasteiger partial charge on any atom is 0.407 e. The number of pyridine rings is 1. The summed E-state index contributed by atoms with van der Waals surface area (Å²) in [4.78, 5) is 31.3. The monoisotopic (exact) mass is 472 g/mol. The minimum absolute atomic E-state index is 0.114. The summed E-state index contributed by atoms with van der Waals surface area (Å²) in [5.41, 5.74) is 1.76. The predicted molar refractivity (Wildman–Crippen MR) is 129 cm³/mol. The maximum atomic E-state index is 13.5. The molecule has 2 aliphatic rings. The van der Waals surface area contributed by atoms with Crippen LogP contribution in [0.4, 0.5) is 10.5 Å². The summed E-state index contributed by atoms with van der Waals surface area (Å²) < 4.78 is 7.31. The van der Waals surface area contributed by atoms with Crippen molar-refractivity contribution in [2.24, 2.45) is 5.41 Å². The van der Waals surface area contributed by atoms with Crippen LogP contribution in [0.3, 0.4) is 0 Å². The Kier molecular flexibility index (Phi) is 6.97. The molecule has 0 spiro atoms. The van der Waals surface area contributed by atoms with Gasteiger partial charge in [-0.15, -0.1) is 0 Å². The quantitative estimate of drug-likeness (QED) is 0.610. The smallest absolute Gasteiger partial charge is 0.407 e. The van der Waals surface area contributed by atoms with Gasteiger partial charge >= 0.3 is 6.09 Å². The molecule has 4 heterocycles. The number of likely N-dealkylation sites (tertiary alicyclic amines) is 1. The Morgan fingerprint density at radius 3 is 2.56 bits per heavy atom. The van der Waals surface area contributed by atoms with Crippen molar-refractivity contribution in [1.29, 1.82) is 0 Å². The van der Waals surface area contributed by atoms with E-state index in [-0.39, 0.29) is 29.4 Å². The third-order valence-corrected chi connectivity index (χ3v) is 6.96. The highest BCUT2D eigenvalue weighted by Gasteiger charge is 2.39. The van der Waals surface area contributed by atoms with Gasteiger partial charge in [-0.05, 0) is 38.0 Å². The number of ether oxygens (including phenoxy) is 1. The van der Waals surface area contributed by atoms with E-state index in [4.69, 9.17) is 4.74 Å². The Morgan fingerprint density at radius 2 is 1.91 bits per heavy atom. The molecule has 4 rings (SSSR count). The van der Waals surface area contributed by atoms with Crippen LogP contribution in [-0.4, -0.2) is 74.7 Å². The number of hydrogen-bond acceptors (Lipinski definition) is 6. The van der Waals surface area contributed by atoms with Crippen LogP contribution >= 0.6 is 0 Å².